The third-order valence-corrected chi connectivity index (χ3v) is 10.1. The van der Waals surface area contributed by atoms with Crippen molar-refractivity contribution in [1.29, 1.82) is 0 Å². The standard InChI is InChI=1S/C31H41N7O/c1-22-8-15-36(16-9-22)24-10-17-37(18-11-24)25-5-6-28(32-21-25)34-30-33-20-23-19-26-27(39)7-14-31(12-3-2-4-13-31)38(26)29(23)35-30/h5-6,19-22,24H,2-4,7-18H2,1H3,(H,32,33,34,35). The van der Waals surface area contributed by atoms with Crippen molar-refractivity contribution < 1.29 is 4.79 Å². The van der Waals surface area contributed by atoms with E-state index >= 15 is 0 Å². The van der Waals surface area contributed by atoms with Gasteiger partial charge in [0.15, 0.2) is 5.78 Å². The summed E-state index contributed by atoms with van der Waals surface area (Å²) in [6, 6.07) is 6.92. The van der Waals surface area contributed by atoms with Crippen molar-refractivity contribution in [2.45, 2.75) is 89.1 Å². The Morgan fingerprint density at radius 1 is 0.923 bits per heavy atom. The molecule has 0 radical (unpaired) electrons. The maximum atomic E-state index is 12.8. The number of rotatable bonds is 4. The molecular formula is C31H41N7O. The third-order valence-electron chi connectivity index (χ3n) is 10.1. The van der Waals surface area contributed by atoms with Crippen LogP contribution in [0.5, 0.6) is 0 Å². The monoisotopic (exact) mass is 527 g/mol. The fraction of sp³-hybridized carbons (Fsp3) is 0.613. The molecule has 8 heteroatoms. The van der Waals surface area contributed by atoms with E-state index in [0.717, 1.165) is 66.9 Å². The molecule has 8 nitrogen and oxygen atoms in total. The van der Waals surface area contributed by atoms with Crippen LogP contribution in [-0.4, -0.2) is 62.4 Å². The van der Waals surface area contributed by atoms with E-state index in [2.05, 4.69) is 37.7 Å². The lowest BCUT2D eigenvalue weighted by Crippen LogP contribution is -2.47. The van der Waals surface area contributed by atoms with Crippen molar-refractivity contribution in [1.82, 2.24) is 24.4 Å². The topological polar surface area (TPSA) is 79.2 Å². The number of nitrogens with one attached hydrogen (secondary N) is 1. The highest BCUT2D eigenvalue weighted by molar-refractivity contribution is 6.00. The van der Waals surface area contributed by atoms with E-state index in [1.807, 2.05) is 24.5 Å². The Morgan fingerprint density at radius 3 is 2.46 bits per heavy atom. The lowest BCUT2D eigenvalue weighted by atomic mass is 9.75. The average molecular weight is 528 g/mol. The molecule has 39 heavy (non-hydrogen) atoms. The highest BCUT2D eigenvalue weighted by Crippen LogP contribution is 2.45. The van der Waals surface area contributed by atoms with E-state index < -0.39 is 0 Å². The molecule has 3 aromatic heterocycles. The molecule has 0 atom stereocenters. The number of aromatic nitrogens is 4. The van der Waals surface area contributed by atoms with E-state index in [1.165, 1.54) is 63.7 Å². The van der Waals surface area contributed by atoms with Crippen molar-refractivity contribution in [3.05, 3.63) is 36.3 Å². The smallest absolute Gasteiger partial charge is 0.230 e. The zero-order chi connectivity index (χ0) is 26.4. The van der Waals surface area contributed by atoms with Gasteiger partial charge < -0.3 is 19.7 Å². The van der Waals surface area contributed by atoms with Gasteiger partial charge in [-0.15, -0.1) is 0 Å². The molecule has 3 fully saturated rings. The zero-order valence-electron chi connectivity index (χ0n) is 23.2. The van der Waals surface area contributed by atoms with E-state index in [9.17, 15) is 4.79 Å². The second-order valence-corrected chi connectivity index (χ2v) is 12.5. The van der Waals surface area contributed by atoms with Gasteiger partial charge in [0, 0.05) is 42.7 Å². The summed E-state index contributed by atoms with van der Waals surface area (Å²) >= 11 is 0. The number of fused-ring (bicyclic) bond motifs is 4. The minimum atomic E-state index is 0.0225. The quantitative estimate of drug-likeness (QED) is 0.452. The lowest BCUT2D eigenvalue weighted by molar-refractivity contribution is 0.0852. The van der Waals surface area contributed by atoms with E-state index in [0.29, 0.717) is 12.4 Å². The Labute approximate surface area is 231 Å². The molecule has 0 aromatic carbocycles. The summed E-state index contributed by atoms with van der Waals surface area (Å²) < 4.78 is 2.27. The SMILES string of the molecule is CC1CCN(C2CCN(c3ccc(Nc4ncc5cc6n(c5n4)C4(CCCCC4)CCC6=O)nc3)CC2)CC1. The molecule has 2 saturated heterocycles. The number of carbonyl (C=O) groups is 1. The molecule has 0 amide bonds. The number of likely N-dealkylation sites (tertiary alicyclic amines) is 1. The molecule has 1 spiro atoms. The van der Waals surface area contributed by atoms with Gasteiger partial charge in [-0.25, -0.2) is 9.97 Å². The maximum absolute atomic E-state index is 12.8. The Kier molecular flexibility index (Phi) is 6.53. The summed E-state index contributed by atoms with van der Waals surface area (Å²) in [4.78, 5) is 32.2. The van der Waals surface area contributed by atoms with Crippen LogP contribution in [0.4, 0.5) is 17.5 Å². The molecule has 3 aromatic rings. The molecule has 6 heterocycles. The second-order valence-electron chi connectivity index (χ2n) is 12.5. The average Bonchev–Trinajstić information content (AvgIpc) is 3.37. The van der Waals surface area contributed by atoms with Gasteiger partial charge >= 0.3 is 0 Å². The first kappa shape index (κ1) is 25.0. The molecule has 4 aliphatic rings. The molecule has 1 saturated carbocycles. The number of hydrogen-bond acceptors (Lipinski definition) is 7. The minimum Gasteiger partial charge on any atom is -0.370 e. The number of hydrogen-bond donors (Lipinski definition) is 1. The van der Waals surface area contributed by atoms with Gasteiger partial charge in [0.2, 0.25) is 5.95 Å². The summed E-state index contributed by atoms with van der Waals surface area (Å²) in [5.41, 5.74) is 2.89. The molecular weight excluding hydrogens is 486 g/mol. The number of Topliss-reactive ketones (excluding diaryl/α,β-unsaturated/α-hetero) is 1. The van der Waals surface area contributed by atoms with Crippen molar-refractivity contribution in [3.63, 3.8) is 0 Å². The van der Waals surface area contributed by atoms with Crippen LogP contribution in [0.15, 0.2) is 30.6 Å². The summed E-state index contributed by atoms with van der Waals surface area (Å²) in [6.07, 6.45) is 16.5. The summed E-state index contributed by atoms with van der Waals surface area (Å²) in [5, 5.41) is 4.27. The first-order valence-electron chi connectivity index (χ1n) is 15.2. The number of carbonyl (C=O) groups excluding carboxylic acids is 1. The first-order valence-corrected chi connectivity index (χ1v) is 15.2. The van der Waals surface area contributed by atoms with Crippen molar-refractivity contribution in [2.75, 3.05) is 36.4 Å². The number of piperidine rings is 2. The van der Waals surface area contributed by atoms with Gasteiger partial charge in [-0.3, -0.25) is 4.79 Å². The summed E-state index contributed by atoms with van der Waals surface area (Å²) in [5.74, 6) is 2.39. The zero-order valence-corrected chi connectivity index (χ0v) is 23.2. The van der Waals surface area contributed by atoms with E-state index in [4.69, 9.17) is 9.97 Å². The largest absolute Gasteiger partial charge is 0.370 e. The van der Waals surface area contributed by atoms with Crippen molar-refractivity contribution in [2.24, 2.45) is 5.92 Å². The summed E-state index contributed by atoms with van der Waals surface area (Å²) in [6.45, 7) is 7.10. The predicted molar refractivity (Wildman–Crippen MR) is 155 cm³/mol. The Morgan fingerprint density at radius 2 is 1.72 bits per heavy atom. The maximum Gasteiger partial charge on any atom is 0.230 e. The van der Waals surface area contributed by atoms with E-state index in [-0.39, 0.29) is 11.3 Å². The highest BCUT2D eigenvalue weighted by atomic mass is 16.1. The Balaban J connectivity index is 1.05. The molecule has 0 unspecified atom stereocenters. The normalized spacial score (nSPS) is 22.9. The van der Waals surface area contributed by atoms with Crippen LogP contribution in [0.1, 0.15) is 88.0 Å². The van der Waals surface area contributed by atoms with Crippen LogP contribution in [-0.2, 0) is 5.54 Å². The van der Waals surface area contributed by atoms with Crippen LogP contribution in [0, 0.1) is 5.92 Å². The molecule has 0 bridgehead atoms. The van der Waals surface area contributed by atoms with Crippen LogP contribution >= 0.6 is 0 Å². The molecule has 3 aliphatic heterocycles. The summed E-state index contributed by atoms with van der Waals surface area (Å²) in [7, 11) is 0. The van der Waals surface area contributed by atoms with Gasteiger partial charge in [0.1, 0.15) is 11.5 Å². The molecule has 1 aliphatic carbocycles. The fourth-order valence-electron chi connectivity index (χ4n) is 7.65. The van der Waals surface area contributed by atoms with Crippen LogP contribution in [0.2, 0.25) is 0 Å². The van der Waals surface area contributed by atoms with Gasteiger partial charge in [-0.2, -0.15) is 4.98 Å². The van der Waals surface area contributed by atoms with Gasteiger partial charge in [0.25, 0.3) is 0 Å². The highest BCUT2D eigenvalue weighted by Gasteiger charge is 2.41. The number of ketones is 1. The number of nitrogens with zero attached hydrogens (tertiary/aromatic N) is 6. The lowest BCUT2D eigenvalue weighted by Gasteiger charge is -2.42. The minimum absolute atomic E-state index is 0.0225. The molecule has 7 rings (SSSR count). The van der Waals surface area contributed by atoms with Crippen LogP contribution in [0.25, 0.3) is 11.0 Å². The molecule has 1 N–H and O–H groups in total. The van der Waals surface area contributed by atoms with Crippen LogP contribution in [0.3, 0.4) is 0 Å². The molecule has 206 valence electrons. The van der Waals surface area contributed by atoms with Crippen LogP contribution < -0.4 is 10.2 Å². The van der Waals surface area contributed by atoms with Gasteiger partial charge in [0.05, 0.1) is 17.6 Å². The first-order chi connectivity index (χ1) is 19.1. The van der Waals surface area contributed by atoms with Crippen molar-refractivity contribution in [3.8, 4) is 0 Å². The second kappa shape index (κ2) is 10.2. The van der Waals surface area contributed by atoms with Crippen molar-refractivity contribution >= 4 is 34.3 Å². The number of pyridine rings is 1. The number of anilines is 3. The Bertz CT molecular complexity index is 1330. The van der Waals surface area contributed by atoms with Gasteiger partial charge in [-0.05, 0) is 82.2 Å². The van der Waals surface area contributed by atoms with Gasteiger partial charge in [-0.1, -0.05) is 26.2 Å². The predicted octanol–water partition coefficient (Wildman–Crippen LogP) is 5.91. The Hall–Kier alpha value is -3.00. The van der Waals surface area contributed by atoms with E-state index in [1.54, 1.807) is 0 Å². The third kappa shape index (κ3) is 4.71. The fourth-order valence-corrected chi connectivity index (χ4v) is 7.65.